The van der Waals surface area contributed by atoms with Crippen molar-refractivity contribution in [3.8, 4) is 5.75 Å². The van der Waals surface area contributed by atoms with Gasteiger partial charge in [-0.05, 0) is 24.3 Å². The van der Waals surface area contributed by atoms with Crippen LogP contribution in [0.25, 0.3) is 0 Å². The van der Waals surface area contributed by atoms with Crippen molar-refractivity contribution in [1.82, 2.24) is 0 Å². The summed E-state index contributed by atoms with van der Waals surface area (Å²) in [5.74, 6) is -6.79. The summed E-state index contributed by atoms with van der Waals surface area (Å²) < 4.78 is 94.0. The van der Waals surface area contributed by atoms with E-state index in [2.05, 4.69) is 10.1 Å². The maximum atomic E-state index is 13.2. The summed E-state index contributed by atoms with van der Waals surface area (Å²) >= 11 is 0. The van der Waals surface area contributed by atoms with Crippen LogP contribution in [0.5, 0.6) is 5.75 Å². The number of alkyl halides is 7. The molecule has 1 N–H and O–H groups in total. The largest absolute Gasteiger partial charge is 0.486 e. The normalized spacial score (nSPS) is 12.0. The summed E-state index contributed by atoms with van der Waals surface area (Å²) in [5.41, 5.74) is -2.69. The van der Waals surface area contributed by atoms with Gasteiger partial charge in [-0.15, -0.1) is 0 Å². The Morgan fingerprint density at radius 1 is 1.10 bits per heavy atom. The van der Waals surface area contributed by atoms with Gasteiger partial charge >= 0.3 is 18.5 Å². The van der Waals surface area contributed by atoms with Gasteiger partial charge in [-0.25, -0.2) is 8.78 Å². The highest BCUT2D eigenvalue weighted by Gasteiger charge is 2.43. The standard InChI is InChI=1S/C17H11F7N2O4/c18-15(19)16(20,21)8-30-13-5-4-10(7-12(13)17(22,23)24)25-14(27)9-2-1-3-11(6-9)26(28)29/h1-7,15H,8H2,(H,25,27). The fourth-order valence-electron chi connectivity index (χ4n) is 2.16. The Hall–Kier alpha value is -3.38. The number of rotatable bonds is 7. The van der Waals surface area contributed by atoms with Gasteiger partial charge < -0.3 is 10.1 Å². The third kappa shape index (κ3) is 5.58. The molecule has 0 unspecified atom stereocenters. The quantitative estimate of drug-likeness (QED) is 0.367. The highest BCUT2D eigenvalue weighted by Crippen LogP contribution is 2.39. The van der Waals surface area contributed by atoms with Crippen molar-refractivity contribution in [1.29, 1.82) is 0 Å². The van der Waals surface area contributed by atoms with Gasteiger partial charge in [-0.2, -0.15) is 22.0 Å². The molecule has 0 aliphatic carbocycles. The zero-order valence-electron chi connectivity index (χ0n) is 14.6. The molecule has 0 saturated heterocycles. The van der Waals surface area contributed by atoms with E-state index in [-0.39, 0.29) is 5.56 Å². The smallest absolute Gasteiger partial charge is 0.420 e. The van der Waals surface area contributed by atoms with Crippen molar-refractivity contribution in [2.45, 2.75) is 18.5 Å². The highest BCUT2D eigenvalue weighted by molar-refractivity contribution is 6.04. The van der Waals surface area contributed by atoms with Crippen LogP contribution in [-0.2, 0) is 6.18 Å². The van der Waals surface area contributed by atoms with E-state index in [1.54, 1.807) is 0 Å². The summed E-state index contributed by atoms with van der Waals surface area (Å²) in [5, 5.41) is 12.8. The van der Waals surface area contributed by atoms with E-state index in [1.807, 2.05) is 0 Å². The number of non-ortho nitro benzene ring substituents is 1. The lowest BCUT2D eigenvalue weighted by atomic mass is 10.1. The van der Waals surface area contributed by atoms with E-state index < -0.39 is 58.6 Å². The van der Waals surface area contributed by atoms with Gasteiger partial charge in [0.05, 0.1) is 10.5 Å². The fourth-order valence-corrected chi connectivity index (χ4v) is 2.16. The lowest BCUT2D eigenvalue weighted by molar-refractivity contribution is -0.384. The Morgan fingerprint density at radius 3 is 2.33 bits per heavy atom. The summed E-state index contributed by atoms with van der Waals surface area (Å²) in [4.78, 5) is 22.1. The van der Waals surface area contributed by atoms with Gasteiger partial charge in [-0.1, -0.05) is 6.07 Å². The zero-order chi connectivity index (χ0) is 22.7. The molecular weight excluding hydrogens is 429 g/mol. The second kappa shape index (κ2) is 8.55. The Kier molecular flexibility index (Phi) is 6.53. The second-order valence-electron chi connectivity index (χ2n) is 5.82. The van der Waals surface area contributed by atoms with Gasteiger partial charge in [0.2, 0.25) is 0 Å². The number of ether oxygens (including phenoxy) is 1. The fraction of sp³-hybridized carbons (Fsp3) is 0.235. The molecule has 2 aromatic rings. The van der Waals surface area contributed by atoms with Crippen molar-refractivity contribution in [3.05, 3.63) is 63.7 Å². The predicted octanol–water partition coefficient (Wildman–Crippen LogP) is 5.15. The van der Waals surface area contributed by atoms with Gasteiger partial charge in [0.1, 0.15) is 5.75 Å². The van der Waals surface area contributed by atoms with Crippen molar-refractivity contribution in [2.24, 2.45) is 0 Å². The summed E-state index contributed by atoms with van der Waals surface area (Å²) in [6.07, 6.45) is -9.26. The lowest BCUT2D eigenvalue weighted by Crippen LogP contribution is -2.34. The number of hydrogen-bond acceptors (Lipinski definition) is 4. The third-order valence-corrected chi connectivity index (χ3v) is 3.60. The molecule has 2 rings (SSSR count). The van der Waals surface area contributed by atoms with E-state index in [4.69, 9.17) is 0 Å². The van der Waals surface area contributed by atoms with Crippen molar-refractivity contribution >= 4 is 17.3 Å². The molecule has 0 heterocycles. The van der Waals surface area contributed by atoms with Crippen LogP contribution in [0.1, 0.15) is 15.9 Å². The number of hydrogen-bond donors (Lipinski definition) is 1. The molecule has 162 valence electrons. The molecule has 1 amide bonds. The average molecular weight is 440 g/mol. The number of carbonyl (C=O) groups excluding carboxylic acids is 1. The minimum Gasteiger partial charge on any atom is -0.486 e. The monoisotopic (exact) mass is 440 g/mol. The number of carbonyl (C=O) groups is 1. The van der Waals surface area contributed by atoms with Crippen LogP contribution in [0, 0.1) is 10.1 Å². The van der Waals surface area contributed by atoms with Crippen LogP contribution in [0.4, 0.5) is 42.1 Å². The Balaban J connectivity index is 2.27. The number of halogens is 7. The van der Waals surface area contributed by atoms with Crippen LogP contribution in [-0.4, -0.2) is 29.8 Å². The first-order valence-corrected chi connectivity index (χ1v) is 7.87. The number of nitrogens with one attached hydrogen (secondary N) is 1. The molecule has 6 nitrogen and oxygen atoms in total. The lowest BCUT2D eigenvalue weighted by Gasteiger charge is -2.19. The molecule has 0 aliphatic rings. The molecule has 0 aromatic heterocycles. The molecule has 0 saturated carbocycles. The van der Waals surface area contributed by atoms with E-state index >= 15 is 0 Å². The predicted molar refractivity (Wildman–Crippen MR) is 88.9 cm³/mol. The van der Waals surface area contributed by atoms with Gasteiger partial charge in [0, 0.05) is 23.4 Å². The maximum Gasteiger partial charge on any atom is 0.420 e. The maximum absolute atomic E-state index is 13.2. The summed E-state index contributed by atoms with van der Waals surface area (Å²) in [6.45, 7) is -1.99. The molecule has 2 aromatic carbocycles. The van der Waals surface area contributed by atoms with Gasteiger partial charge in [0.25, 0.3) is 11.6 Å². The van der Waals surface area contributed by atoms with E-state index in [1.165, 1.54) is 12.1 Å². The molecule has 0 spiro atoms. The SMILES string of the molecule is O=C(Nc1ccc(OCC(F)(F)C(F)F)c(C(F)(F)F)c1)c1cccc([N+](=O)[O-])c1. The summed E-state index contributed by atoms with van der Waals surface area (Å²) in [7, 11) is 0. The van der Waals surface area contributed by atoms with Gasteiger partial charge in [-0.3, -0.25) is 14.9 Å². The number of nitro groups is 1. The van der Waals surface area contributed by atoms with Crippen LogP contribution >= 0.6 is 0 Å². The number of nitro benzene ring substituents is 1. The Bertz CT molecular complexity index is 948. The molecular formula is C17H11F7N2O4. The minimum absolute atomic E-state index is 0.227. The first-order valence-electron chi connectivity index (χ1n) is 7.87. The molecule has 0 bridgehead atoms. The van der Waals surface area contributed by atoms with E-state index in [9.17, 15) is 45.6 Å². The summed E-state index contributed by atoms with van der Waals surface area (Å²) in [6, 6.07) is 6.15. The molecule has 13 heteroatoms. The average Bonchev–Trinajstić information content (AvgIpc) is 2.66. The number of benzene rings is 2. The number of amides is 1. The molecule has 0 aliphatic heterocycles. The molecule has 0 fully saturated rings. The van der Waals surface area contributed by atoms with Gasteiger partial charge in [0.15, 0.2) is 6.61 Å². The minimum atomic E-state index is -5.12. The zero-order valence-corrected chi connectivity index (χ0v) is 14.6. The molecule has 0 atom stereocenters. The first kappa shape index (κ1) is 22.9. The van der Waals surface area contributed by atoms with Crippen LogP contribution in [0.2, 0.25) is 0 Å². The van der Waals surface area contributed by atoms with Crippen LogP contribution < -0.4 is 10.1 Å². The number of anilines is 1. The van der Waals surface area contributed by atoms with Crippen LogP contribution in [0.3, 0.4) is 0 Å². The second-order valence-corrected chi connectivity index (χ2v) is 5.82. The topological polar surface area (TPSA) is 81.5 Å². The first-order chi connectivity index (χ1) is 13.8. The van der Waals surface area contributed by atoms with E-state index in [0.29, 0.717) is 12.1 Å². The van der Waals surface area contributed by atoms with Crippen molar-refractivity contribution in [2.75, 3.05) is 11.9 Å². The number of nitrogens with zero attached hydrogens (tertiary/aromatic N) is 1. The molecule has 30 heavy (non-hydrogen) atoms. The van der Waals surface area contributed by atoms with Crippen molar-refractivity contribution < 1.29 is 45.2 Å². The van der Waals surface area contributed by atoms with E-state index in [0.717, 1.165) is 18.2 Å². The Labute approximate surface area is 163 Å². The van der Waals surface area contributed by atoms with Crippen LogP contribution in [0.15, 0.2) is 42.5 Å². The molecule has 0 radical (unpaired) electrons. The highest BCUT2D eigenvalue weighted by atomic mass is 19.4. The third-order valence-electron chi connectivity index (χ3n) is 3.60. The Morgan fingerprint density at radius 2 is 1.77 bits per heavy atom. The van der Waals surface area contributed by atoms with Crippen molar-refractivity contribution in [3.63, 3.8) is 0 Å².